The van der Waals surface area contributed by atoms with Gasteiger partial charge in [0.1, 0.15) is 11.8 Å². The number of benzene rings is 3. The number of ether oxygens (including phenoxy) is 1. The van der Waals surface area contributed by atoms with Crippen molar-refractivity contribution in [2.45, 2.75) is 12.5 Å². The van der Waals surface area contributed by atoms with E-state index in [4.69, 9.17) is 10.5 Å². The summed E-state index contributed by atoms with van der Waals surface area (Å²) < 4.78 is 5.83. The van der Waals surface area contributed by atoms with Gasteiger partial charge in [0, 0.05) is 5.56 Å². The molecular weight excluding hydrogens is 352 g/mol. The van der Waals surface area contributed by atoms with Crippen LogP contribution in [0.5, 0.6) is 5.75 Å². The minimum absolute atomic E-state index is 0.111. The average molecular weight is 374 g/mol. The first kappa shape index (κ1) is 19.2. The Balaban J connectivity index is 1.60. The van der Waals surface area contributed by atoms with Gasteiger partial charge >= 0.3 is 0 Å². The maximum atomic E-state index is 12.3. The predicted octanol–water partition coefficient (Wildman–Crippen LogP) is 3.47. The van der Waals surface area contributed by atoms with Crippen molar-refractivity contribution in [1.29, 1.82) is 0 Å². The quantitative estimate of drug-likeness (QED) is 0.633. The third-order valence-corrected chi connectivity index (χ3v) is 4.28. The number of amides is 2. The number of rotatable bonds is 8. The fourth-order valence-corrected chi connectivity index (χ4v) is 2.90. The van der Waals surface area contributed by atoms with Crippen LogP contribution in [0.1, 0.15) is 18.0 Å². The van der Waals surface area contributed by atoms with Crippen molar-refractivity contribution in [3.8, 4) is 16.9 Å². The first-order chi connectivity index (χ1) is 13.6. The highest BCUT2D eigenvalue weighted by Gasteiger charge is 2.19. The third-order valence-electron chi connectivity index (χ3n) is 4.28. The van der Waals surface area contributed by atoms with Gasteiger partial charge in [0.15, 0.2) is 0 Å². The third kappa shape index (κ3) is 4.98. The molecule has 1 atom stereocenters. The lowest BCUT2D eigenvalue weighted by molar-refractivity contribution is -0.127. The van der Waals surface area contributed by atoms with Crippen molar-refractivity contribution in [3.05, 3.63) is 90.5 Å². The Morgan fingerprint density at radius 1 is 0.857 bits per heavy atom. The highest BCUT2D eigenvalue weighted by atomic mass is 16.5. The minimum Gasteiger partial charge on any atom is -0.492 e. The summed E-state index contributed by atoms with van der Waals surface area (Å²) >= 11 is 0. The zero-order valence-corrected chi connectivity index (χ0v) is 15.4. The fourth-order valence-electron chi connectivity index (χ4n) is 2.90. The molecule has 1 unspecified atom stereocenters. The van der Waals surface area contributed by atoms with Gasteiger partial charge in [-0.1, -0.05) is 78.9 Å². The molecule has 0 saturated heterocycles. The molecule has 2 amide bonds. The lowest BCUT2D eigenvalue weighted by atomic mass is 10.1. The van der Waals surface area contributed by atoms with Crippen molar-refractivity contribution in [3.63, 3.8) is 0 Å². The van der Waals surface area contributed by atoms with Crippen molar-refractivity contribution >= 4 is 11.8 Å². The molecule has 0 radical (unpaired) electrons. The zero-order valence-electron chi connectivity index (χ0n) is 15.4. The monoisotopic (exact) mass is 374 g/mol. The van der Waals surface area contributed by atoms with E-state index in [-0.39, 0.29) is 18.9 Å². The second-order valence-corrected chi connectivity index (χ2v) is 6.27. The van der Waals surface area contributed by atoms with Gasteiger partial charge in [-0.3, -0.25) is 9.59 Å². The molecular formula is C23H22N2O3. The summed E-state index contributed by atoms with van der Waals surface area (Å²) in [6, 6.07) is 25.6. The van der Waals surface area contributed by atoms with E-state index in [1.54, 1.807) is 24.3 Å². The summed E-state index contributed by atoms with van der Waals surface area (Å²) in [5.74, 6) is -0.198. The number of carbonyl (C=O) groups is 2. The maximum Gasteiger partial charge on any atom is 0.244 e. The number of hydrogen-bond acceptors (Lipinski definition) is 3. The summed E-state index contributed by atoms with van der Waals surface area (Å²) in [5.41, 5.74) is 8.09. The molecule has 28 heavy (non-hydrogen) atoms. The van der Waals surface area contributed by atoms with Crippen molar-refractivity contribution in [2.75, 3.05) is 6.61 Å². The Kier molecular flexibility index (Phi) is 6.41. The van der Waals surface area contributed by atoms with E-state index < -0.39 is 11.9 Å². The topological polar surface area (TPSA) is 81.4 Å². The van der Waals surface area contributed by atoms with Crippen LogP contribution in [0.15, 0.2) is 84.9 Å². The van der Waals surface area contributed by atoms with Crippen LogP contribution in [0.25, 0.3) is 11.1 Å². The van der Waals surface area contributed by atoms with Crippen LogP contribution in [-0.2, 0) is 9.59 Å². The molecule has 142 valence electrons. The van der Waals surface area contributed by atoms with E-state index in [1.165, 1.54) is 0 Å². The molecule has 5 heteroatoms. The molecule has 0 spiro atoms. The van der Waals surface area contributed by atoms with Gasteiger partial charge < -0.3 is 15.8 Å². The molecule has 3 aromatic rings. The molecule has 0 aliphatic rings. The van der Waals surface area contributed by atoms with Crippen LogP contribution in [0.3, 0.4) is 0 Å². The molecule has 0 saturated carbocycles. The van der Waals surface area contributed by atoms with Gasteiger partial charge in [0.2, 0.25) is 11.8 Å². The summed E-state index contributed by atoms with van der Waals surface area (Å²) in [6.45, 7) is 0.190. The fraction of sp³-hybridized carbons (Fsp3) is 0.130. The molecule has 0 fully saturated rings. The molecule has 0 aromatic heterocycles. The zero-order chi connectivity index (χ0) is 19.8. The Bertz CT molecular complexity index is 927. The van der Waals surface area contributed by atoms with Crippen LogP contribution in [0, 0.1) is 0 Å². The molecule has 0 bridgehead atoms. The van der Waals surface area contributed by atoms with Crippen LogP contribution >= 0.6 is 0 Å². The normalized spacial score (nSPS) is 11.4. The smallest absolute Gasteiger partial charge is 0.244 e. The lowest BCUT2D eigenvalue weighted by Gasteiger charge is -2.16. The molecule has 5 nitrogen and oxygen atoms in total. The second-order valence-electron chi connectivity index (χ2n) is 6.27. The number of hydrogen-bond donors (Lipinski definition) is 2. The van der Waals surface area contributed by atoms with Gasteiger partial charge in [-0.2, -0.15) is 0 Å². The molecule has 3 rings (SSSR count). The molecule has 0 heterocycles. The number of carbonyl (C=O) groups excluding carboxylic acids is 2. The lowest BCUT2D eigenvalue weighted by Crippen LogP contribution is -2.37. The van der Waals surface area contributed by atoms with Gasteiger partial charge in [-0.05, 0) is 17.2 Å². The summed E-state index contributed by atoms with van der Waals surface area (Å²) in [5, 5.41) is 2.67. The molecule has 3 N–H and O–H groups in total. The van der Waals surface area contributed by atoms with E-state index >= 15 is 0 Å². The summed E-state index contributed by atoms with van der Waals surface area (Å²) in [4.78, 5) is 24.0. The molecule has 0 aliphatic carbocycles. The SMILES string of the molecule is NC(=O)C(NC(=O)CCOc1ccccc1-c1ccccc1)c1ccccc1. The number of nitrogens with two attached hydrogens (primary N) is 1. The number of nitrogens with one attached hydrogen (secondary N) is 1. The van der Waals surface area contributed by atoms with E-state index in [2.05, 4.69) is 5.32 Å². The standard InChI is InChI=1S/C23H22N2O3/c24-23(27)22(18-11-5-2-6-12-18)25-21(26)15-16-28-20-14-8-7-13-19(20)17-9-3-1-4-10-17/h1-14,22H,15-16H2,(H2,24,27)(H,25,26). The first-order valence-electron chi connectivity index (χ1n) is 9.06. The van der Waals surface area contributed by atoms with Crippen molar-refractivity contribution in [2.24, 2.45) is 5.73 Å². The summed E-state index contributed by atoms with van der Waals surface area (Å²) in [7, 11) is 0. The first-order valence-corrected chi connectivity index (χ1v) is 9.06. The maximum absolute atomic E-state index is 12.3. The van der Waals surface area contributed by atoms with Gasteiger partial charge in [0.25, 0.3) is 0 Å². The Morgan fingerprint density at radius 2 is 1.46 bits per heavy atom. The number of primary amides is 1. The van der Waals surface area contributed by atoms with E-state index in [9.17, 15) is 9.59 Å². The van der Waals surface area contributed by atoms with Gasteiger partial charge in [-0.25, -0.2) is 0 Å². The van der Waals surface area contributed by atoms with Crippen LogP contribution in [-0.4, -0.2) is 18.4 Å². The van der Waals surface area contributed by atoms with Crippen LogP contribution in [0.4, 0.5) is 0 Å². The Labute approximate surface area is 164 Å². The second kappa shape index (κ2) is 9.37. The highest BCUT2D eigenvalue weighted by Crippen LogP contribution is 2.29. The Morgan fingerprint density at radius 3 is 2.14 bits per heavy atom. The molecule has 3 aromatic carbocycles. The largest absolute Gasteiger partial charge is 0.492 e. The van der Waals surface area contributed by atoms with Gasteiger partial charge in [-0.15, -0.1) is 0 Å². The van der Waals surface area contributed by atoms with E-state index in [1.807, 2.05) is 60.7 Å². The summed E-state index contributed by atoms with van der Waals surface area (Å²) in [6.07, 6.45) is 0.111. The van der Waals surface area contributed by atoms with Crippen molar-refractivity contribution in [1.82, 2.24) is 5.32 Å². The highest BCUT2D eigenvalue weighted by molar-refractivity contribution is 5.87. The predicted molar refractivity (Wildman–Crippen MR) is 109 cm³/mol. The molecule has 0 aliphatic heterocycles. The number of para-hydroxylation sites is 1. The Hall–Kier alpha value is -3.60. The van der Waals surface area contributed by atoms with Crippen LogP contribution < -0.4 is 15.8 Å². The average Bonchev–Trinajstić information content (AvgIpc) is 2.73. The van der Waals surface area contributed by atoms with E-state index in [0.29, 0.717) is 11.3 Å². The van der Waals surface area contributed by atoms with Crippen molar-refractivity contribution < 1.29 is 14.3 Å². The van der Waals surface area contributed by atoms with Crippen LogP contribution in [0.2, 0.25) is 0 Å². The van der Waals surface area contributed by atoms with Gasteiger partial charge in [0.05, 0.1) is 13.0 Å². The van der Waals surface area contributed by atoms with E-state index in [0.717, 1.165) is 11.1 Å². The minimum atomic E-state index is -0.856.